The molecule has 0 bridgehead atoms. The van der Waals surface area contributed by atoms with Crippen molar-refractivity contribution in [2.45, 2.75) is 31.7 Å². The number of para-hydroxylation sites is 1. The third-order valence-electron chi connectivity index (χ3n) is 4.21. The average Bonchev–Trinajstić information content (AvgIpc) is 3.11. The summed E-state index contributed by atoms with van der Waals surface area (Å²) in [6.07, 6.45) is 7.08. The molecule has 24 heavy (non-hydrogen) atoms. The second-order valence-corrected chi connectivity index (χ2v) is 6.97. The minimum Gasteiger partial charge on any atom is -0.481 e. The van der Waals surface area contributed by atoms with Gasteiger partial charge in [-0.1, -0.05) is 17.3 Å². The number of aliphatic carboxylic acids is 1. The topological polar surface area (TPSA) is 80.9 Å². The smallest absolute Gasteiger partial charge is 0.307 e. The molecule has 2 aromatic heterocycles. The van der Waals surface area contributed by atoms with E-state index in [2.05, 4.69) is 15.3 Å². The Balaban J connectivity index is 1.69. The number of carbonyl (C=O) groups is 1. The van der Waals surface area contributed by atoms with Gasteiger partial charge in [-0.05, 0) is 37.5 Å². The maximum atomic E-state index is 11.3. The molecular weight excluding hydrogens is 324 g/mol. The van der Waals surface area contributed by atoms with Crippen LogP contribution in [0.1, 0.15) is 42.4 Å². The Morgan fingerprint density at radius 1 is 1.38 bits per heavy atom. The number of carboxylic acid groups (broad SMARTS) is 1. The van der Waals surface area contributed by atoms with E-state index in [0.29, 0.717) is 17.3 Å². The van der Waals surface area contributed by atoms with Gasteiger partial charge in [0.25, 0.3) is 0 Å². The van der Waals surface area contributed by atoms with E-state index in [-0.39, 0.29) is 6.42 Å². The van der Waals surface area contributed by atoms with E-state index in [1.54, 1.807) is 6.08 Å². The van der Waals surface area contributed by atoms with Crippen molar-refractivity contribution in [3.63, 3.8) is 0 Å². The predicted octanol–water partition coefficient (Wildman–Crippen LogP) is 3.63. The number of fused-ring (bicyclic) bond motifs is 1. The van der Waals surface area contributed by atoms with E-state index < -0.39 is 5.97 Å². The number of hydrogen-bond donors (Lipinski definition) is 1. The minimum absolute atomic E-state index is 0.0872. The molecule has 1 aliphatic rings. The summed E-state index contributed by atoms with van der Waals surface area (Å²) in [5, 5.41) is 18.3. The lowest BCUT2D eigenvalue weighted by atomic mass is 9.93. The summed E-state index contributed by atoms with van der Waals surface area (Å²) < 4.78 is 2.92. The Hall–Kier alpha value is -2.54. The highest BCUT2D eigenvalue weighted by molar-refractivity contribution is 7.19. The van der Waals surface area contributed by atoms with Crippen LogP contribution in [0.5, 0.6) is 0 Å². The summed E-state index contributed by atoms with van der Waals surface area (Å²) in [5.74, 6) is -0.883. The summed E-state index contributed by atoms with van der Waals surface area (Å²) in [5.41, 5.74) is 2.22. The Bertz CT molecular complexity index is 890. The van der Waals surface area contributed by atoms with Crippen LogP contribution < -0.4 is 0 Å². The Kier molecular flexibility index (Phi) is 3.86. The summed E-state index contributed by atoms with van der Waals surface area (Å²) >= 11 is 1.50. The number of nitrogens with zero attached hydrogens (tertiary/aromatic N) is 4. The van der Waals surface area contributed by atoms with Crippen LogP contribution in [-0.2, 0) is 4.79 Å². The molecule has 1 aromatic carbocycles. The molecule has 1 saturated carbocycles. The molecule has 0 atom stereocenters. The Morgan fingerprint density at radius 3 is 2.92 bits per heavy atom. The van der Waals surface area contributed by atoms with Crippen molar-refractivity contribution in [3.05, 3.63) is 41.2 Å². The fraction of sp³-hybridized carbons (Fsp3) is 0.294. The van der Waals surface area contributed by atoms with Crippen LogP contribution in [0.2, 0.25) is 0 Å². The van der Waals surface area contributed by atoms with Crippen LogP contribution in [0.25, 0.3) is 21.9 Å². The van der Waals surface area contributed by atoms with Gasteiger partial charge in [0.05, 0.1) is 28.9 Å². The molecule has 2 heterocycles. The third-order valence-corrected chi connectivity index (χ3v) is 5.32. The van der Waals surface area contributed by atoms with Crippen molar-refractivity contribution in [1.29, 1.82) is 0 Å². The molecule has 1 fully saturated rings. The first kappa shape index (κ1) is 15.0. The molecule has 6 nitrogen and oxygen atoms in total. The average molecular weight is 340 g/mol. The molecule has 0 saturated heterocycles. The molecule has 3 aromatic rings. The maximum Gasteiger partial charge on any atom is 0.307 e. The number of rotatable bonds is 5. The molecule has 122 valence electrons. The van der Waals surface area contributed by atoms with Crippen LogP contribution in [0.3, 0.4) is 0 Å². The Labute approximate surface area is 142 Å². The van der Waals surface area contributed by atoms with Gasteiger partial charge in [0.2, 0.25) is 0 Å². The molecule has 4 rings (SSSR count). The molecular formula is C17H16N4O2S. The van der Waals surface area contributed by atoms with Gasteiger partial charge in [-0.25, -0.2) is 9.67 Å². The molecule has 0 radical (unpaired) electrons. The van der Waals surface area contributed by atoms with E-state index in [4.69, 9.17) is 0 Å². The van der Waals surface area contributed by atoms with E-state index in [1.165, 1.54) is 17.8 Å². The van der Waals surface area contributed by atoms with Crippen LogP contribution in [0.4, 0.5) is 0 Å². The van der Waals surface area contributed by atoms with E-state index in [9.17, 15) is 9.90 Å². The summed E-state index contributed by atoms with van der Waals surface area (Å²) in [7, 11) is 0. The van der Waals surface area contributed by atoms with Crippen molar-refractivity contribution in [2.24, 2.45) is 0 Å². The number of aromatic nitrogens is 4. The zero-order valence-electron chi connectivity index (χ0n) is 12.9. The third kappa shape index (κ3) is 2.94. The van der Waals surface area contributed by atoms with Crippen molar-refractivity contribution >= 4 is 39.2 Å². The maximum absolute atomic E-state index is 11.3. The number of carboxylic acids is 1. The first-order valence-electron chi connectivity index (χ1n) is 7.89. The van der Waals surface area contributed by atoms with Crippen LogP contribution in [-0.4, -0.2) is 31.1 Å². The predicted molar refractivity (Wildman–Crippen MR) is 92.7 cm³/mol. The van der Waals surface area contributed by atoms with Gasteiger partial charge < -0.3 is 5.11 Å². The van der Waals surface area contributed by atoms with E-state index >= 15 is 0 Å². The molecule has 0 amide bonds. The zero-order valence-corrected chi connectivity index (χ0v) is 13.7. The van der Waals surface area contributed by atoms with Crippen LogP contribution in [0, 0.1) is 0 Å². The lowest BCUT2D eigenvalue weighted by molar-refractivity contribution is -0.135. The Morgan fingerprint density at radius 2 is 2.21 bits per heavy atom. The van der Waals surface area contributed by atoms with Gasteiger partial charge in [0.1, 0.15) is 10.7 Å². The normalized spacial score (nSPS) is 15.6. The van der Waals surface area contributed by atoms with Gasteiger partial charge in [-0.2, -0.15) is 0 Å². The SMILES string of the molecule is O=C(O)C/C(=C/c1cn(C2CCC2)nn1)c1nc2ccccc2s1. The first-order valence-corrected chi connectivity index (χ1v) is 8.71. The molecule has 0 spiro atoms. The zero-order chi connectivity index (χ0) is 16.5. The highest BCUT2D eigenvalue weighted by Crippen LogP contribution is 2.32. The van der Waals surface area contributed by atoms with E-state index in [0.717, 1.165) is 28.1 Å². The number of thiazole rings is 1. The molecule has 0 aliphatic heterocycles. The standard InChI is InChI=1S/C17H16N4O2S/c22-16(23)9-11(17-18-14-6-1-2-7-15(14)24-17)8-12-10-21(20-19-12)13-4-3-5-13/h1-2,6-8,10,13H,3-5,9H2,(H,22,23)/b11-8-. The monoisotopic (exact) mass is 340 g/mol. The fourth-order valence-electron chi connectivity index (χ4n) is 2.73. The summed E-state index contributed by atoms with van der Waals surface area (Å²) in [4.78, 5) is 15.8. The molecule has 1 N–H and O–H groups in total. The van der Waals surface area contributed by atoms with Gasteiger partial charge in [-0.3, -0.25) is 4.79 Å². The fourth-order valence-corrected chi connectivity index (χ4v) is 3.70. The quantitative estimate of drug-likeness (QED) is 0.767. The number of benzene rings is 1. The molecule has 7 heteroatoms. The van der Waals surface area contributed by atoms with Gasteiger partial charge in [0.15, 0.2) is 0 Å². The van der Waals surface area contributed by atoms with Gasteiger partial charge >= 0.3 is 5.97 Å². The van der Waals surface area contributed by atoms with Gasteiger partial charge in [0, 0.05) is 5.57 Å². The van der Waals surface area contributed by atoms with Crippen molar-refractivity contribution in [2.75, 3.05) is 0 Å². The van der Waals surface area contributed by atoms with Crippen LogP contribution in [0.15, 0.2) is 30.5 Å². The lowest BCUT2D eigenvalue weighted by Gasteiger charge is -2.24. The largest absolute Gasteiger partial charge is 0.481 e. The van der Waals surface area contributed by atoms with Crippen molar-refractivity contribution in [1.82, 2.24) is 20.0 Å². The highest BCUT2D eigenvalue weighted by atomic mass is 32.1. The molecule has 1 aliphatic carbocycles. The second kappa shape index (κ2) is 6.16. The lowest BCUT2D eigenvalue weighted by Crippen LogP contribution is -2.17. The van der Waals surface area contributed by atoms with E-state index in [1.807, 2.05) is 35.1 Å². The van der Waals surface area contributed by atoms with Crippen molar-refractivity contribution in [3.8, 4) is 0 Å². The van der Waals surface area contributed by atoms with Crippen LogP contribution >= 0.6 is 11.3 Å². The molecule has 0 unspecified atom stereocenters. The first-order chi connectivity index (χ1) is 11.7. The number of hydrogen-bond acceptors (Lipinski definition) is 5. The van der Waals surface area contributed by atoms with Gasteiger partial charge in [-0.15, -0.1) is 16.4 Å². The summed E-state index contributed by atoms with van der Waals surface area (Å²) in [6.45, 7) is 0. The second-order valence-electron chi connectivity index (χ2n) is 5.93. The van der Waals surface area contributed by atoms with Crippen molar-refractivity contribution < 1.29 is 9.90 Å². The minimum atomic E-state index is -0.883. The summed E-state index contributed by atoms with van der Waals surface area (Å²) in [6, 6.07) is 8.23. The highest BCUT2D eigenvalue weighted by Gasteiger charge is 2.21.